The number of nitrogens with zero attached hydrogens (tertiary/aromatic N) is 4. The summed E-state index contributed by atoms with van der Waals surface area (Å²) in [5.41, 5.74) is 2.90. The number of rotatable bonds is 4. The van der Waals surface area contributed by atoms with Gasteiger partial charge in [-0.25, -0.2) is 4.79 Å². The molecule has 8 nitrogen and oxygen atoms in total. The number of thiophene rings is 1. The number of furan rings is 1. The van der Waals surface area contributed by atoms with Gasteiger partial charge < -0.3 is 9.73 Å². The van der Waals surface area contributed by atoms with E-state index in [1.807, 2.05) is 47.8 Å². The Labute approximate surface area is 168 Å². The van der Waals surface area contributed by atoms with Crippen LogP contribution in [0.15, 0.2) is 76.7 Å². The summed E-state index contributed by atoms with van der Waals surface area (Å²) in [4.78, 5) is 13.1. The standard InChI is InChI=1S/C20H14N6O2S/c27-20(22-18-7-2-10-28-18)21-14-5-1-4-13(12-14)15-8-9-17-23-24-19(26(17)25-15)16-6-3-11-29-16/h1-12H,(H2,21,22,27). The summed E-state index contributed by atoms with van der Waals surface area (Å²) in [6, 6.07) is 18.1. The third kappa shape index (κ3) is 3.46. The van der Waals surface area contributed by atoms with E-state index in [1.54, 1.807) is 34.1 Å². The van der Waals surface area contributed by atoms with Crippen LogP contribution in [0.4, 0.5) is 16.4 Å². The number of hydrogen-bond acceptors (Lipinski definition) is 6. The highest BCUT2D eigenvalue weighted by atomic mass is 32.1. The predicted molar refractivity (Wildman–Crippen MR) is 111 cm³/mol. The van der Waals surface area contributed by atoms with Crippen LogP contribution in [0.5, 0.6) is 0 Å². The Morgan fingerprint density at radius 2 is 1.97 bits per heavy atom. The fourth-order valence-electron chi connectivity index (χ4n) is 2.88. The van der Waals surface area contributed by atoms with Gasteiger partial charge in [-0.15, -0.1) is 21.5 Å². The number of carbonyl (C=O) groups excluding carboxylic acids is 1. The number of benzene rings is 1. The number of carbonyl (C=O) groups is 1. The molecule has 0 radical (unpaired) electrons. The Morgan fingerprint density at radius 3 is 2.79 bits per heavy atom. The van der Waals surface area contributed by atoms with Crippen LogP contribution in [0, 0.1) is 0 Å². The van der Waals surface area contributed by atoms with Crippen LogP contribution in [-0.4, -0.2) is 25.8 Å². The van der Waals surface area contributed by atoms with Crippen molar-refractivity contribution in [2.75, 3.05) is 10.6 Å². The predicted octanol–water partition coefficient (Wildman–Crippen LogP) is 4.76. The molecule has 0 aliphatic rings. The Bertz CT molecular complexity index is 1280. The normalized spacial score (nSPS) is 10.9. The molecule has 2 N–H and O–H groups in total. The van der Waals surface area contributed by atoms with Gasteiger partial charge in [-0.3, -0.25) is 5.32 Å². The maximum Gasteiger partial charge on any atom is 0.326 e. The van der Waals surface area contributed by atoms with E-state index in [0.29, 0.717) is 23.0 Å². The van der Waals surface area contributed by atoms with E-state index in [-0.39, 0.29) is 6.03 Å². The second kappa shape index (κ2) is 7.21. The van der Waals surface area contributed by atoms with Gasteiger partial charge in [0.25, 0.3) is 0 Å². The summed E-state index contributed by atoms with van der Waals surface area (Å²) in [5, 5.41) is 20.5. The molecule has 9 heteroatoms. The number of aromatic nitrogens is 4. The highest BCUT2D eigenvalue weighted by Gasteiger charge is 2.12. The molecule has 2 amide bonds. The molecule has 142 valence electrons. The zero-order valence-electron chi connectivity index (χ0n) is 14.9. The molecular formula is C20H14N6O2S. The van der Waals surface area contributed by atoms with Crippen molar-refractivity contribution in [1.29, 1.82) is 0 Å². The van der Waals surface area contributed by atoms with Crippen molar-refractivity contribution in [2.24, 2.45) is 0 Å². The molecule has 0 unspecified atom stereocenters. The van der Waals surface area contributed by atoms with Crippen LogP contribution in [-0.2, 0) is 0 Å². The quantitative estimate of drug-likeness (QED) is 0.452. The van der Waals surface area contributed by atoms with E-state index in [9.17, 15) is 4.79 Å². The number of urea groups is 1. The first kappa shape index (κ1) is 17.1. The number of nitrogens with one attached hydrogen (secondary N) is 2. The average molecular weight is 402 g/mol. The average Bonchev–Trinajstić information content (AvgIpc) is 3.49. The van der Waals surface area contributed by atoms with Crippen molar-refractivity contribution < 1.29 is 9.21 Å². The topological polar surface area (TPSA) is 97.4 Å². The van der Waals surface area contributed by atoms with Gasteiger partial charge >= 0.3 is 6.03 Å². The minimum atomic E-state index is -0.390. The molecule has 0 bridgehead atoms. The molecule has 0 fully saturated rings. The van der Waals surface area contributed by atoms with Gasteiger partial charge in [-0.05, 0) is 41.8 Å². The van der Waals surface area contributed by atoms with Crippen molar-refractivity contribution in [3.63, 3.8) is 0 Å². The van der Waals surface area contributed by atoms with Crippen molar-refractivity contribution >= 4 is 34.6 Å². The number of hydrogen-bond donors (Lipinski definition) is 2. The molecule has 0 saturated heterocycles. The van der Waals surface area contributed by atoms with E-state index in [0.717, 1.165) is 16.1 Å². The Morgan fingerprint density at radius 1 is 1.00 bits per heavy atom. The molecule has 4 heterocycles. The zero-order chi connectivity index (χ0) is 19.6. The third-order valence-corrected chi connectivity index (χ3v) is 5.04. The van der Waals surface area contributed by atoms with E-state index >= 15 is 0 Å². The molecule has 5 rings (SSSR count). The molecule has 0 aliphatic heterocycles. The van der Waals surface area contributed by atoms with E-state index in [4.69, 9.17) is 9.52 Å². The number of anilines is 2. The summed E-state index contributed by atoms with van der Waals surface area (Å²) in [5.74, 6) is 1.07. The summed E-state index contributed by atoms with van der Waals surface area (Å²) in [6.45, 7) is 0. The van der Waals surface area contributed by atoms with Gasteiger partial charge in [0.1, 0.15) is 0 Å². The van der Waals surface area contributed by atoms with Gasteiger partial charge in [-0.1, -0.05) is 18.2 Å². The lowest BCUT2D eigenvalue weighted by Crippen LogP contribution is -2.18. The van der Waals surface area contributed by atoms with Crippen molar-refractivity contribution in [2.45, 2.75) is 0 Å². The minimum absolute atomic E-state index is 0.375. The van der Waals surface area contributed by atoms with Crippen molar-refractivity contribution in [1.82, 2.24) is 19.8 Å². The van der Waals surface area contributed by atoms with Gasteiger partial charge in [0, 0.05) is 17.3 Å². The molecule has 0 saturated carbocycles. The molecular weight excluding hydrogens is 388 g/mol. The Hall–Kier alpha value is -3.98. The second-order valence-electron chi connectivity index (χ2n) is 6.13. The molecule has 29 heavy (non-hydrogen) atoms. The minimum Gasteiger partial charge on any atom is -0.449 e. The van der Waals surface area contributed by atoms with Crippen LogP contribution in [0.2, 0.25) is 0 Å². The lowest BCUT2D eigenvalue weighted by molar-refractivity contribution is 0.261. The number of amides is 2. The Balaban J connectivity index is 1.43. The van der Waals surface area contributed by atoms with Crippen molar-refractivity contribution in [3.05, 3.63) is 72.3 Å². The highest BCUT2D eigenvalue weighted by Crippen LogP contribution is 2.25. The maximum atomic E-state index is 12.1. The van der Waals surface area contributed by atoms with E-state index in [2.05, 4.69) is 20.8 Å². The van der Waals surface area contributed by atoms with Crippen LogP contribution in [0.25, 0.3) is 27.6 Å². The zero-order valence-corrected chi connectivity index (χ0v) is 15.8. The summed E-state index contributed by atoms with van der Waals surface area (Å²) in [6.07, 6.45) is 1.49. The van der Waals surface area contributed by atoms with Gasteiger partial charge in [-0.2, -0.15) is 9.61 Å². The lowest BCUT2D eigenvalue weighted by atomic mass is 10.1. The van der Waals surface area contributed by atoms with Crippen LogP contribution in [0.3, 0.4) is 0 Å². The third-order valence-electron chi connectivity index (χ3n) is 4.18. The van der Waals surface area contributed by atoms with Gasteiger partial charge in [0.2, 0.25) is 5.88 Å². The molecule has 1 aromatic carbocycles. The van der Waals surface area contributed by atoms with Gasteiger partial charge in [0.05, 0.1) is 16.8 Å². The maximum absolute atomic E-state index is 12.1. The summed E-state index contributed by atoms with van der Waals surface area (Å²) >= 11 is 1.58. The fraction of sp³-hybridized carbons (Fsp3) is 0. The molecule has 0 atom stereocenters. The smallest absolute Gasteiger partial charge is 0.326 e. The van der Waals surface area contributed by atoms with Crippen LogP contribution < -0.4 is 10.6 Å². The largest absolute Gasteiger partial charge is 0.449 e. The lowest BCUT2D eigenvalue weighted by Gasteiger charge is -2.08. The molecule has 4 aromatic heterocycles. The first-order valence-electron chi connectivity index (χ1n) is 8.74. The van der Waals surface area contributed by atoms with Crippen molar-refractivity contribution in [3.8, 4) is 22.0 Å². The fourth-order valence-corrected chi connectivity index (χ4v) is 3.58. The monoisotopic (exact) mass is 402 g/mol. The van der Waals surface area contributed by atoms with E-state index in [1.165, 1.54) is 6.26 Å². The molecule has 0 aliphatic carbocycles. The van der Waals surface area contributed by atoms with Crippen LogP contribution in [0.1, 0.15) is 0 Å². The molecule has 0 spiro atoms. The Kier molecular flexibility index (Phi) is 4.26. The highest BCUT2D eigenvalue weighted by molar-refractivity contribution is 7.13. The van der Waals surface area contributed by atoms with Crippen LogP contribution >= 0.6 is 11.3 Å². The van der Waals surface area contributed by atoms with Gasteiger partial charge in [0.15, 0.2) is 11.5 Å². The summed E-state index contributed by atoms with van der Waals surface area (Å²) < 4.78 is 6.84. The summed E-state index contributed by atoms with van der Waals surface area (Å²) in [7, 11) is 0. The SMILES string of the molecule is O=C(Nc1cccc(-c2ccc3nnc(-c4cccs4)n3n2)c1)Nc1ccco1. The van der Waals surface area contributed by atoms with E-state index < -0.39 is 0 Å². The first-order valence-corrected chi connectivity index (χ1v) is 9.62. The second-order valence-corrected chi connectivity index (χ2v) is 7.07. The molecule has 5 aromatic rings. The first-order chi connectivity index (χ1) is 14.3. The number of fused-ring (bicyclic) bond motifs is 1.